The maximum atomic E-state index is 5.06. The van der Waals surface area contributed by atoms with Crippen molar-refractivity contribution in [3.63, 3.8) is 0 Å². The summed E-state index contributed by atoms with van der Waals surface area (Å²) in [5.41, 5.74) is 4.63. The maximum Gasteiger partial charge on any atom is 0.141 e. The van der Waals surface area contributed by atoms with E-state index >= 15 is 0 Å². The van der Waals surface area contributed by atoms with E-state index in [4.69, 9.17) is 4.98 Å². The molecule has 0 bridgehead atoms. The molecule has 0 saturated carbocycles. The van der Waals surface area contributed by atoms with Gasteiger partial charge >= 0.3 is 0 Å². The summed E-state index contributed by atoms with van der Waals surface area (Å²) < 4.78 is 0. The molecule has 1 atom stereocenters. The summed E-state index contributed by atoms with van der Waals surface area (Å²) in [5.74, 6) is 0.988. The number of allylic oxidation sites excluding steroid dienone is 4. The average molecular weight is 334 g/mol. The van der Waals surface area contributed by atoms with E-state index in [1.54, 1.807) is 0 Å². The molecule has 1 unspecified atom stereocenters. The zero-order valence-electron chi connectivity index (χ0n) is 14.3. The second-order valence-corrected chi connectivity index (χ2v) is 6.52. The van der Waals surface area contributed by atoms with Crippen LogP contribution in [0.1, 0.15) is 0 Å². The molecule has 1 aliphatic carbocycles. The van der Waals surface area contributed by atoms with Gasteiger partial charge in [0.25, 0.3) is 0 Å². The highest BCUT2D eigenvalue weighted by Gasteiger charge is 2.24. The van der Waals surface area contributed by atoms with Crippen molar-refractivity contribution in [3.8, 4) is 11.1 Å². The number of pyridine rings is 1. The number of hydrogen-bond acceptors (Lipinski definition) is 2. The Hall–Kier alpha value is -3.39. The minimum Gasteiger partial charge on any atom is -0.321 e. The molecule has 26 heavy (non-hydrogen) atoms. The van der Waals surface area contributed by atoms with Crippen molar-refractivity contribution < 1.29 is 0 Å². The van der Waals surface area contributed by atoms with Crippen LogP contribution >= 0.6 is 0 Å². The predicted octanol–water partition coefficient (Wildman–Crippen LogP) is 5.66. The molecule has 124 valence electrons. The minimum absolute atomic E-state index is 0.182. The first-order valence-corrected chi connectivity index (χ1v) is 8.87. The second kappa shape index (κ2) is 6.16. The Bertz CT molecular complexity index is 1090. The quantitative estimate of drug-likeness (QED) is 0.601. The molecule has 2 aliphatic rings. The monoisotopic (exact) mass is 334 g/mol. The normalized spacial score (nSPS) is 18.1. The van der Waals surface area contributed by atoms with Gasteiger partial charge in [0.05, 0.1) is 11.6 Å². The van der Waals surface area contributed by atoms with Gasteiger partial charge in [-0.1, -0.05) is 78.9 Å². The van der Waals surface area contributed by atoms with Gasteiger partial charge in [0.1, 0.15) is 5.82 Å². The highest BCUT2D eigenvalue weighted by atomic mass is 15.2. The Morgan fingerprint density at radius 2 is 1.69 bits per heavy atom. The predicted molar refractivity (Wildman–Crippen MR) is 109 cm³/mol. The SMILES string of the molecule is C1=CC2=CC=CN(c3nc4ccccc4cc3-c3ccccc3)C2C=C1. The lowest BCUT2D eigenvalue weighted by molar-refractivity contribution is 0.869. The number of anilines is 1. The Balaban J connectivity index is 1.74. The minimum atomic E-state index is 0.182. The fourth-order valence-corrected chi connectivity index (χ4v) is 3.63. The van der Waals surface area contributed by atoms with E-state index in [0.29, 0.717) is 0 Å². The molecule has 0 fully saturated rings. The first kappa shape index (κ1) is 14.9. The summed E-state index contributed by atoms with van der Waals surface area (Å²) in [6, 6.07) is 21.2. The molecule has 3 aromatic rings. The molecule has 0 amide bonds. The lowest BCUT2D eigenvalue weighted by Gasteiger charge is -2.33. The summed E-state index contributed by atoms with van der Waals surface area (Å²) in [6.07, 6.45) is 15.0. The van der Waals surface area contributed by atoms with Gasteiger partial charge in [0.15, 0.2) is 0 Å². The number of nitrogens with zero attached hydrogens (tertiary/aromatic N) is 2. The number of rotatable bonds is 2. The summed E-state index contributed by atoms with van der Waals surface area (Å²) in [4.78, 5) is 7.32. The van der Waals surface area contributed by atoms with Crippen LogP contribution in [0.5, 0.6) is 0 Å². The van der Waals surface area contributed by atoms with Gasteiger partial charge < -0.3 is 4.90 Å². The van der Waals surface area contributed by atoms with Crippen molar-refractivity contribution in [1.29, 1.82) is 0 Å². The smallest absolute Gasteiger partial charge is 0.141 e. The van der Waals surface area contributed by atoms with Crippen molar-refractivity contribution in [2.75, 3.05) is 4.90 Å². The summed E-state index contributed by atoms with van der Waals surface area (Å²) in [6.45, 7) is 0. The van der Waals surface area contributed by atoms with E-state index < -0.39 is 0 Å². The van der Waals surface area contributed by atoms with Crippen LogP contribution in [0.3, 0.4) is 0 Å². The van der Waals surface area contributed by atoms with Crippen molar-refractivity contribution in [2.45, 2.75) is 6.04 Å². The Morgan fingerprint density at radius 1 is 0.846 bits per heavy atom. The van der Waals surface area contributed by atoms with Gasteiger partial charge in [0, 0.05) is 17.1 Å². The van der Waals surface area contributed by atoms with Crippen LogP contribution in [0.15, 0.2) is 109 Å². The van der Waals surface area contributed by atoms with Crippen molar-refractivity contribution >= 4 is 16.7 Å². The molecule has 0 radical (unpaired) electrons. The van der Waals surface area contributed by atoms with Crippen LogP contribution < -0.4 is 4.90 Å². The van der Waals surface area contributed by atoms with E-state index in [-0.39, 0.29) is 6.04 Å². The van der Waals surface area contributed by atoms with Gasteiger partial charge in [0.2, 0.25) is 0 Å². The highest BCUT2D eigenvalue weighted by Crippen LogP contribution is 2.36. The number of fused-ring (bicyclic) bond motifs is 2. The summed E-state index contributed by atoms with van der Waals surface area (Å²) in [5, 5.41) is 1.16. The second-order valence-electron chi connectivity index (χ2n) is 6.52. The number of hydrogen-bond donors (Lipinski definition) is 0. The summed E-state index contributed by atoms with van der Waals surface area (Å²) >= 11 is 0. The third kappa shape index (κ3) is 2.47. The van der Waals surface area contributed by atoms with Crippen LogP contribution in [0, 0.1) is 0 Å². The average Bonchev–Trinajstić information content (AvgIpc) is 2.73. The van der Waals surface area contributed by atoms with Crippen molar-refractivity contribution in [1.82, 2.24) is 4.98 Å². The molecule has 2 nitrogen and oxygen atoms in total. The third-order valence-corrected chi connectivity index (χ3v) is 4.90. The fraction of sp³-hybridized carbons (Fsp3) is 0.0417. The topological polar surface area (TPSA) is 16.1 Å². The van der Waals surface area contributed by atoms with E-state index in [1.165, 1.54) is 11.1 Å². The van der Waals surface area contributed by atoms with Gasteiger partial charge in [-0.15, -0.1) is 0 Å². The molecule has 0 spiro atoms. The standard InChI is InChI=1S/C24H18N2/c1-2-9-18(10-3-1)21-17-20-12-4-6-14-22(20)25-24(21)26-16-8-13-19-11-5-7-15-23(19)26/h1-17,23H. The molecular weight excluding hydrogens is 316 g/mol. The molecule has 2 aromatic carbocycles. The van der Waals surface area contributed by atoms with Gasteiger partial charge in [-0.3, -0.25) is 0 Å². The molecular formula is C24H18N2. The Labute approximate surface area is 153 Å². The fourth-order valence-electron chi connectivity index (χ4n) is 3.63. The van der Waals surface area contributed by atoms with Gasteiger partial charge in [-0.05, 0) is 29.3 Å². The first-order valence-electron chi connectivity index (χ1n) is 8.87. The number of benzene rings is 2. The number of para-hydroxylation sites is 1. The van der Waals surface area contributed by atoms with Crippen LogP contribution in [0.2, 0.25) is 0 Å². The molecule has 0 saturated heterocycles. The lowest BCUT2D eigenvalue weighted by Crippen LogP contribution is -2.33. The molecule has 2 heteroatoms. The van der Waals surface area contributed by atoms with Crippen molar-refractivity contribution in [3.05, 3.63) is 109 Å². The summed E-state index contributed by atoms with van der Waals surface area (Å²) in [7, 11) is 0. The molecule has 0 N–H and O–H groups in total. The van der Waals surface area contributed by atoms with E-state index in [9.17, 15) is 0 Å². The van der Waals surface area contributed by atoms with E-state index in [2.05, 4.69) is 96.1 Å². The molecule has 2 heterocycles. The Kier molecular flexibility index (Phi) is 3.53. The van der Waals surface area contributed by atoms with Crippen molar-refractivity contribution in [2.24, 2.45) is 0 Å². The van der Waals surface area contributed by atoms with E-state index in [1.807, 2.05) is 12.1 Å². The first-order chi connectivity index (χ1) is 12.9. The molecule has 5 rings (SSSR count). The van der Waals surface area contributed by atoms with Gasteiger partial charge in [-0.25, -0.2) is 4.98 Å². The van der Waals surface area contributed by atoms with Crippen LogP contribution in [-0.2, 0) is 0 Å². The van der Waals surface area contributed by atoms with Gasteiger partial charge in [-0.2, -0.15) is 0 Å². The lowest BCUT2D eigenvalue weighted by atomic mass is 9.96. The van der Waals surface area contributed by atoms with Crippen LogP contribution in [-0.4, -0.2) is 11.0 Å². The molecule has 1 aliphatic heterocycles. The van der Waals surface area contributed by atoms with Crippen LogP contribution in [0.4, 0.5) is 5.82 Å². The number of aromatic nitrogens is 1. The third-order valence-electron chi connectivity index (χ3n) is 4.90. The maximum absolute atomic E-state index is 5.06. The van der Waals surface area contributed by atoms with E-state index in [0.717, 1.165) is 22.3 Å². The zero-order chi connectivity index (χ0) is 17.3. The zero-order valence-corrected chi connectivity index (χ0v) is 14.3. The van der Waals surface area contributed by atoms with Crippen LogP contribution in [0.25, 0.3) is 22.0 Å². The Morgan fingerprint density at radius 3 is 2.62 bits per heavy atom. The largest absolute Gasteiger partial charge is 0.321 e. The highest BCUT2D eigenvalue weighted by molar-refractivity contribution is 5.90. The molecule has 1 aromatic heterocycles.